The molecule has 0 aliphatic carbocycles. The highest BCUT2D eigenvalue weighted by Gasteiger charge is 2.30. The predicted octanol–water partition coefficient (Wildman–Crippen LogP) is 0.0964. The van der Waals surface area contributed by atoms with Crippen molar-refractivity contribution in [1.29, 1.82) is 0 Å². The molecule has 3 N–H and O–H groups in total. The van der Waals surface area contributed by atoms with E-state index in [1.165, 1.54) is 23.1 Å². The minimum Gasteiger partial charge on any atom is -0.353 e. The average molecular weight is 289 g/mol. The topological polar surface area (TPSA) is 75.4 Å². The van der Waals surface area contributed by atoms with Gasteiger partial charge < -0.3 is 16.0 Å². The predicted molar refractivity (Wildman–Crippen MR) is 75.8 cm³/mol. The summed E-state index contributed by atoms with van der Waals surface area (Å²) in [4.78, 5) is 25.7. The first-order valence-electron chi connectivity index (χ1n) is 6.61. The fraction of sp³-hybridized carbons (Fsp3) is 0.333. The number of carbonyl (C=O) groups is 2. The first-order valence-corrected chi connectivity index (χ1v) is 6.61. The Morgan fingerprint density at radius 2 is 2.33 bits per heavy atom. The van der Waals surface area contributed by atoms with Gasteiger partial charge in [-0.1, -0.05) is 11.8 Å². The molecule has 5 nitrogen and oxygen atoms in total. The highest BCUT2D eigenvalue weighted by atomic mass is 19.1. The fourth-order valence-corrected chi connectivity index (χ4v) is 2.17. The second-order valence-corrected chi connectivity index (χ2v) is 4.66. The van der Waals surface area contributed by atoms with E-state index in [1.807, 2.05) is 0 Å². The summed E-state index contributed by atoms with van der Waals surface area (Å²) in [6, 6.07) is 3.23. The summed E-state index contributed by atoms with van der Waals surface area (Å²) >= 11 is 0. The molecule has 1 aliphatic rings. The van der Waals surface area contributed by atoms with Gasteiger partial charge in [-0.15, -0.1) is 0 Å². The van der Waals surface area contributed by atoms with Crippen molar-refractivity contribution in [3.63, 3.8) is 0 Å². The monoisotopic (exact) mass is 289 g/mol. The smallest absolute Gasteiger partial charge is 0.255 e. The minimum absolute atomic E-state index is 0.118. The van der Waals surface area contributed by atoms with E-state index < -0.39 is 11.9 Å². The molecule has 110 valence electrons. The summed E-state index contributed by atoms with van der Waals surface area (Å²) in [6.45, 7) is 2.58. The number of benzene rings is 1. The van der Waals surface area contributed by atoms with Crippen molar-refractivity contribution < 1.29 is 14.0 Å². The zero-order valence-corrected chi connectivity index (χ0v) is 11.6. The molecule has 1 fully saturated rings. The summed E-state index contributed by atoms with van der Waals surface area (Å²) in [6.07, 6.45) is 0. The lowest BCUT2D eigenvalue weighted by atomic mass is 10.0. The number of piperazine rings is 1. The van der Waals surface area contributed by atoms with Crippen LogP contribution in [0.4, 0.5) is 4.39 Å². The lowest BCUT2D eigenvalue weighted by Gasteiger charge is -2.33. The molecular formula is C15H16FN3O2. The maximum atomic E-state index is 13.3. The second kappa shape index (κ2) is 6.37. The highest BCUT2D eigenvalue weighted by Crippen LogP contribution is 2.16. The van der Waals surface area contributed by atoms with Crippen molar-refractivity contribution in [2.45, 2.75) is 13.0 Å². The largest absolute Gasteiger partial charge is 0.353 e. The van der Waals surface area contributed by atoms with Crippen LogP contribution in [0.15, 0.2) is 18.2 Å². The Hall–Kier alpha value is -2.39. The van der Waals surface area contributed by atoms with Crippen molar-refractivity contribution >= 4 is 11.8 Å². The summed E-state index contributed by atoms with van der Waals surface area (Å²) < 4.78 is 13.3. The Balaban J connectivity index is 2.36. The molecule has 2 rings (SSSR count). The molecule has 1 saturated heterocycles. The molecular weight excluding hydrogens is 273 g/mol. The van der Waals surface area contributed by atoms with E-state index in [-0.39, 0.29) is 29.5 Å². The van der Waals surface area contributed by atoms with E-state index in [4.69, 9.17) is 5.73 Å². The first-order chi connectivity index (χ1) is 10.0. The Morgan fingerprint density at radius 1 is 1.57 bits per heavy atom. The molecule has 1 aromatic rings. The number of hydrogen-bond acceptors (Lipinski definition) is 3. The van der Waals surface area contributed by atoms with Gasteiger partial charge >= 0.3 is 0 Å². The first kappa shape index (κ1) is 15.0. The normalized spacial score (nSPS) is 17.8. The molecule has 2 amide bonds. The number of nitrogens with zero attached hydrogens (tertiary/aromatic N) is 1. The number of halogens is 1. The lowest BCUT2D eigenvalue weighted by Crippen LogP contribution is -2.55. The lowest BCUT2D eigenvalue weighted by molar-refractivity contribution is -0.127. The number of hydrogen-bond donors (Lipinski definition) is 2. The van der Waals surface area contributed by atoms with Gasteiger partial charge in [-0.3, -0.25) is 9.59 Å². The molecule has 1 aliphatic heterocycles. The second-order valence-electron chi connectivity index (χ2n) is 4.66. The maximum Gasteiger partial charge on any atom is 0.255 e. The number of nitrogens with one attached hydrogen (secondary N) is 1. The van der Waals surface area contributed by atoms with Gasteiger partial charge in [0.25, 0.3) is 5.91 Å². The summed E-state index contributed by atoms with van der Waals surface area (Å²) in [7, 11) is 0. The molecule has 0 bridgehead atoms. The van der Waals surface area contributed by atoms with Gasteiger partial charge in [0.15, 0.2) is 0 Å². The van der Waals surface area contributed by atoms with Crippen molar-refractivity contribution in [2.24, 2.45) is 5.73 Å². The average Bonchev–Trinajstić information content (AvgIpc) is 2.47. The number of nitrogens with two attached hydrogens (primary N) is 1. The van der Waals surface area contributed by atoms with E-state index in [0.29, 0.717) is 13.1 Å². The van der Waals surface area contributed by atoms with Crippen LogP contribution in [0.1, 0.15) is 22.8 Å². The third-order valence-electron chi connectivity index (χ3n) is 3.30. The van der Waals surface area contributed by atoms with Crippen LogP contribution in [0.2, 0.25) is 0 Å². The quantitative estimate of drug-likeness (QED) is 0.720. The van der Waals surface area contributed by atoms with E-state index in [9.17, 15) is 14.0 Å². The van der Waals surface area contributed by atoms with Crippen LogP contribution in [0.3, 0.4) is 0 Å². The van der Waals surface area contributed by atoms with Gasteiger partial charge in [0, 0.05) is 18.7 Å². The van der Waals surface area contributed by atoms with Crippen molar-refractivity contribution in [3.05, 3.63) is 35.1 Å². The molecule has 1 unspecified atom stereocenters. The molecule has 1 aromatic carbocycles. The molecule has 1 heterocycles. The van der Waals surface area contributed by atoms with Crippen LogP contribution in [0, 0.1) is 17.7 Å². The van der Waals surface area contributed by atoms with Gasteiger partial charge in [0.1, 0.15) is 11.9 Å². The molecule has 0 radical (unpaired) electrons. The third kappa shape index (κ3) is 3.20. The van der Waals surface area contributed by atoms with Crippen LogP contribution in [-0.2, 0) is 4.79 Å². The molecule has 0 aromatic heterocycles. The van der Waals surface area contributed by atoms with Crippen molar-refractivity contribution in [2.75, 3.05) is 19.6 Å². The van der Waals surface area contributed by atoms with E-state index >= 15 is 0 Å². The van der Waals surface area contributed by atoms with Crippen molar-refractivity contribution in [3.8, 4) is 11.8 Å². The van der Waals surface area contributed by atoms with Gasteiger partial charge in [-0.25, -0.2) is 4.39 Å². The summed E-state index contributed by atoms with van der Waals surface area (Å²) in [5, 5.41) is 2.69. The standard InChI is InChI=1S/C15H16FN3O2/c1-10-14(20)18-7-8-19(10)15(21)13-5-4-12(16)9-11(13)3-2-6-17/h4-5,9-10H,6-8,17H2,1H3,(H,18,20). The minimum atomic E-state index is -0.563. The van der Waals surface area contributed by atoms with Gasteiger partial charge in [-0.2, -0.15) is 0 Å². The van der Waals surface area contributed by atoms with Crippen LogP contribution < -0.4 is 11.1 Å². The van der Waals surface area contributed by atoms with Crippen LogP contribution >= 0.6 is 0 Å². The zero-order chi connectivity index (χ0) is 15.4. The molecule has 1 atom stereocenters. The maximum absolute atomic E-state index is 13.3. The van der Waals surface area contributed by atoms with E-state index in [2.05, 4.69) is 17.2 Å². The molecule has 6 heteroatoms. The van der Waals surface area contributed by atoms with E-state index in [0.717, 1.165) is 0 Å². The van der Waals surface area contributed by atoms with Gasteiger partial charge in [-0.05, 0) is 25.1 Å². The number of amides is 2. The third-order valence-corrected chi connectivity index (χ3v) is 3.30. The van der Waals surface area contributed by atoms with Gasteiger partial charge in [0.2, 0.25) is 5.91 Å². The number of carbonyl (C=O) groups excluding carboxylic acids is 2. The Labute approximate surface area is 122 Å². The van der Waals surface area contributed by atoms with Gasteiger partial charge in [0.05, 0.1) is 12.1 Å². The van der Waals surface area contributed by atoms with Crippen LogP contribution in [0.5, 0.6) is 0 Å². The highest BCUT2D eigenvalue weighted by molar-refractivity contribution is 6.00. The Kier molecular flexibility index (Phi) is 4.55. The molecule has 0 saturated carbocycles. The zero-order valence-electron chi connectivity index (χ0n) is 11.6. The Morgan fingerprint density at radius 3 is 3.05 bits per heavy atom. The fourth-order valence-electron chi connectivity index (χ4n) is 2.17. The van der Waals surface area contributed by atoms with E-state index in [1.54, 1.807) is 6.92 Å². The van der Waals surface area contributed by atoms with Crippen LogP contribution in [-0.4, -0.2) is 42.4 Å². The van der Waals surface area contributed by atoms with Crippen LogP contribution in [0.25, 0.3) is 0 Å². The SMILES string of the molecule is CC1C(=O)NCCN1C(=O)c1ccc(F)cc1C#CCN. The Bertz CT molecular complexity index is 634. The molecule has 0 spiro atoms. The number of rotatable bonds is 1. The summed E-state index contributed by atoms with van der Waals surface area (Å²) in [5.41, 5.74) is 5.87. The summed E-state index contributed by atoms with van der Waals surface area (Å²) in [5.74, 6) is 4.30. The van der Waals surface area contributed by atoms with Crippen molar-refractivity contribution in [1.82, 2.24) is 10.2 Å². The molecule has 21 heavy (non-hydrogen) atoms.